The number of hydrogen-bond acceptors (Lipinski definition) is 4. The number of para-hydroxylation sites is 1. The molecule has 0 unspecified atom stereocenters. The number of hydrogen-bond donors (Lipinski definition) is 2. The van der Waals surface area contributed by atoms with E-state index in [1.807, 2.05) is 6.07 Å². The predicted molar refractivity (Wildman–Crippen MR) is 74.3 cm³/mol. The first-order valence-corrected chi connectivity index (χ1v) is 7.79. The zero-order valence-electron chi connectivity index (χ0n) is 11.0. The van der Waals surface area contributed by atoms with E-state index in [1.165, 1.54) is 16.6 Å². The Morgan fingerprint density at radius 2 is 2.20 bits per heavy atom. The van der Waals surface area contributed by atoms with Crippen LogP contribution in [0.5, 0.6) is 5.75 Å². The molecule has 1 aliphatic rings. The number of nitrogens with zero attached hydrogens (tertiary/aromatic N) is 2. The Morgan fingerprint density at radius 3 is 2.90 bits per heavy atom. The van der Waals surface area contributed by atoms with E-state index in [4.69, 9.17) is 0 Å². The van der Waals surface area contributed by atoms with Crippen molar-refractivity contribution in [2.75, 3.05) is 10.8 Å². The molecular weight excluding hydrogens is 278 g/mol. The molecule has 106 valence electrons. The number of nitrogens with one attached hydrogen (secondary N) is 1. The van der Waals surface area contributed by atoms with Gasteiger partial charge in [-0.2, -0.15) is 8.42 Å². The van der Waals surface area contributed by atoms with Gasteiger partial charge in [-0.15, -0.1) is 0 Å². The van der Waals surface area contributed by atoms with E-state index in [-0.39, 0.29) is 10.8 Å². The summed E-state index contributed by atoms with van der Waals surface area (Å²) in [6.07, 6.45) is 2.79. The molecule has 2 N–H and O–H groups in total. The first-order chi connectivity index (χ1) is 9.50. The Balaban J connectivity index is 2.13. The summed E-state index contributed by atoms with van der Waals surface area (Å²) in [5.74, 6) is 0.528. The lowest BCUT2D eigenvalue weighted by atomic mass is 10.0. The molecule has 7 heteroatoms. The van der Waals surface area contributed by atoms with Gasteiger partial charge in [-0.1, -0.05) is 12.1 Å². The van der Waals surface area contributed by atoms with Gasteiger partial charge in [-0.3, -0.25) is 4.31 Å². The van der Waals surface area contributed by atoms with Crippen molar-refractivity contribution in [2.24, 2.45) is 0 Å². The Morgan fingerprint density at radius 1 is 1.40 bits per heavy atom. The van der Waals surface area contributed by atoms with Crippen LogP contribution in [0.2, 0.25) is 0 Å². The number of aromatic nitrogens is 2. The standard InChI is InChI=1S/C13H15N3O3S/c1-9-14-8-12(15-9)20(18,19)16-7-3-5-10-4-2-6-11(17)13(10)16/h2,4,6,8,17H,3,5,7H2,1H3,(H,14,15). The summed E-state index contributed by atoms with van der Waals surface area (Å²) >= 11 is 0. The highest BCUT2D eigenvalue weighted by molar-refractivity contribution is 7.92. The normalized spacial score (nSPS) is 15.2. The van der Waals surface area contributed by atoms with Gasteiger partial charge in [0.05, 0.1) is 11.9 Å². The highest BCUT2D eigenvalue weighted by Gasteiger charge is 2.32. The van der Waals surface area contributed by atoms with Crippen LogP contribution in [0, 0.1) is 6.92 Å². The molecule has 1 aromatic heterocycles. The molecule has 6 nitrogen and oxygen atoms in total. The number of fused-ring (bicyclic) bond motifs is 1. The minimum atomic E-state index is -3.72. The maximum Gasteiger partial charge on any atom is 0.281 e. The molecule has 0 saturated heterocycles. The number of benzene rings is 1. The lowest BCUT2D eigenvalue weighted by Crippen LogP contribution is -2.35. The van der Waals surface area contributed by atoms with Gasteiger partial charge in [0.15, 0.2) is 5.03 Å². The van der Waals surface area contributed by atoms with Crippen molar-refractivity contribution < 1.29 is 13.5 Å². The lowest BCUT2D eigenvalue weighted by Gasteiger charge is -2.30. The van der Waals surface area contributed by atoms with Crippen molar-refractivity contribution in [2.45, 2.75) is 24.8 Å². The van der Waals surface area contributed by atoms with Gasteiger partial charge in [-0.05, 0) is 31.4 Å². The summed E-state index contributed by atoms with van der Waals surface area (Å²) in [5.41, 5.74) is 1.22. The number of aryl methyl sites for hydroxylation is 2. The third-order valence-corrected chi connectivity index (χ3v) is 5.11. The highest BCUT2D eigenvalue weighted by atomic mass is 32.2. The van der Waals surface area contributed by atoms with Crippen molar-refractivity contribution in [3.63, 3.8) is 0 Å². The molecule has 1 aromatic carbocycles. The molecular formula is C13H15N3O3S. The maximum atomic E-state index is 12.7. The van der Waals surface area contributed by atoms with E-state index in [1.54, 1.807) is 13.0 Å². The summed E-state index contributed by atoms with van der Waals surface area (Å²) in [6.45, 7) is 2.05. The Kier molecular flexibility index (Phi) is 2.93. The molecule has 0 amide bonds. The van der Waals surface area contributed by atoms with Gasteiger partial charge >= 0.3 is 0 Å². The number of rotatable bonds is 2. The largest absolute Gasteiger partial charge is 0.506 e. The molecule has 0 aliphatic carbocycles. The van der Waals surface area contributed by atoms with E-state index in [9.17, 15) is 13.5 Å². The van der Waals surface area contributed by atoms with E-state index in [2.05, 4.69) is 9.97 Å². The van der Waals surface area contributed by atoms with Crippen LogP contribution in [0.3, 0.4) is 0 Å². The highest BCUT2D eigenvalue weighted by Crippen LogP contribution is 2.38. The topological polar surface area (TPSA) is 86.3 Å². The maximum absolute atomic E-state index is 12.7. The Hall–Kier alpha value is -2.02. The molecule has 0 fully saturated rings. The van der Waals surface area contributed by atoms with E-state index >= 15 is 0 Å². The van der Waals surface area contributed by atoms with Crippen LogP contribution in [0.1, 0.15) is 17.8 Å². The van der Waals surface area contributed by atoms with Gasteiger partial charge in [0.2, 0.25) is 0 Å². The Labute approximate surface area is 117 Å². The fraction of sp³-hybridized carbons (Fsp3) is 0.308. The summed E-state index contributed by atoms with van der Waals surface area (Å²) in [4.78, 5) is 6.67. The van der Waals surface area contributed by atoms with Gasteiger partial charge < -0.3 is 10.1 Å². The lowest BCUT2D eigenvalue weighted by molar-refractivity contribution is 0.472. The van der Waals surface area contributed by atoms with Crippen LogP contribution < -0.4 is 4.31 Å². The zero-order chi connectivity index (χ0) is 14.3. The van der Waals surface area contributed by atoms with Crippen LogP contribution in [0.25, 0.3) is 0 Å². The number of imidazole rings is 1. The zero-order valence-corrected chi connectivity index (χ0v) is 11.8. The molecule has 2 heterocycles. The SMILES string of the molecule is Cc1ncc(S(=O)(=O)N2CCCc3cccc(O)c32)[nH]1. The van der Waals surface area contributed by atoms with Crippen molar-refractivity contribution in [1.29, 1.82) is 0 Å². The molecule has 20 heavy (non-hydrogen) atoms. The second-order valence-corrected chi connectivity index (χ2v) is 6.63. The second kappa shape index (κ2) is 4.52. The summed E-state index contributed by atoms with van der Waals surface area (Å²) in [6, 6.07) is 5.07. The fourth-order valence-corrected chi connectivity index (χ4v) is 4.00. The number of phenolic OH excluding ortho intramolecular Hbond substituents is 1. The van der Waals surface area contributed by atoms with Crippen molar-refractivity contribution in [3.05, 3.63) is 35.8 Å². The summed E-state index contributed by atoms with van der Waals surface area (Å²) in [7, 11) is -3.72. The summed E-state index contributed by atoms with van der Waals surface area (Å²) < 4.78 is 26.6. The van der Waals surface area contributed by atoms with Crippen LogP contribution in [0.4, 0.5) is 5.69 Å². The number of H-pyrrole nitrogens is 1. The molecule has 0 bridgehead atoms. The van der Waals surface area contributed by atoms with E-state index in [0.717, 1.165) is 18.4 Å². The monoisotopic (exact) mass is 293 g/mol. The molecule has 3 rings (SSSR count). The van der Waals surface area contributed by atoms with Gasteiger partial charge in [0, 0.05) is 6.54 Å². The van der Waals surface area contributed by atoms with Crippen LogP contribution in [-0.2, 0) is 16.4 Å². The number of sulfonamides is 1. The average Bonchev–Trinajstić information content (AvgIpc) is 2.86. The summed E-state index contributed by atoms with van der Waals surface area (Å²) in [5, 5.41) is 10.1. The van der Waals surface area contributed by atoms with Crippen LogP contribution in [0.15, 0.2) is 29.4 Å². The molecule has 0 spiro atoms. The molecule has 0 atom stereocenters. The second-order valence-electron chi connectivity index (χ2n) is 4.80. The van der Waals surface area contributed by atoms with Crippen LogP contribution in [-0.4, -0.2) is 30.0 Å². The third-order valence-electron chi connectivity index (χ3n) is 3.40. The number of anilines is 1. The van der Waals surface area contributed by atoms with Crippen molar-refractivity contribution in [3.8, 4) is 5.75 Å². The fourth-order valence-electron chi connectivity index (χ4n) is 2.48. The minimum Gasteiger partial charge on any atom is -0.506 e. The quantitative estimate of drug-likeness (QED) is 0.880. The molecule has 2 aromatic rings. The number of aromatic hydroxyl groups is 1. The first kappa shape index (κ1) is 13.0. The smallest absolute Gasteiger partial charge is 0.281 e. The van der Waals surface area contributed by atoms with Gasteiger partial charge in [0.1, 0.15) is 11.6 Å². The van der Waals surface area contributed by atoms with Gasteiger partial charge in [-0.25, -0.2) is 4.98 Å². The predicted octanol–water partition coefficient (Wildman–Crippen LogP) is 1.57. The van der Waals surface area contributed by atoms with Crippen LogP contribution >= 0.6 is 0 Å². The van der Waals surface area contributed by atoms with Crippen molar-refractivity contribution in [1.82, 2.24) is 9.97 Å². The molecule has 1 aliphatic heterocycles. The first-order valence-electron chi connectivity index (χ1n) is 6.35. The van der Waals surface area contributed by atoms with E-state index in [0.29, 0.717) is 18.1 Å². The third kappa shape index (κ3) is 1.94. The number of aromatic amines is 1. The number of phenols is 1. The Bertz CT molecular complexity index is 752. The van der Waals surface area contributed by atoms with Crippen molar-refractivity contribution >= 4 is 15.7 Å². The minimum absolute atomic E-state index is 0.0120. The van der Waals surface area contributed by atoms with E-state index < -0.39 is 10.0 Å². The van der Waals surface area contributed by atoms with Gasteiger partial charge in [0.25, 0.3) is 10.0 Å². The molecule has 0 radical (unpaired) electrons. The average molecular weight is 293 g/mol. The molecule has 0 saturated carbocycles.